The normalized spacial score (nSPS) is 21.1. The lowest BCUT2D eigenvalue weighted by Crippen LogP contribution is -2.14. The molecule has 14 heavy (non-hydrogen) atoms. The van der Waals surface area contributed by atoms with Gasteiger partial charge in [-0.1, -0.05) is 0 Å². The van der Waals surface area contributed by atoms with Gasteiger partial charge in [-0.15, -0.1) is 0 Å². The summed E-state index contributed by atoms with van der Waals surface area (Å²) >= 11 is 3.52. The summed E-state index contributed by atoms with van der Waals surface area (Å²) in [6.07, 6.45) is 5.97. The predicted octanol–water partition coefficient (Wildman–Crippen LogP) is 2.28. The van der Waals surface area contributed by atoms with E-state index in [1.807, 2.05) is 6.20 Å². The molecular formula is C10H13BrN2O. The molecule has 76 valence electrons. The van der Waals surface area contributed by atoms with Crippen LogP contribution in [0.25, 0.3) is 0 Å². The fraction of sp³-hybridized carbons (Fsp3) is 0.500. The minimum absolute atomic E-state index is 0.405. The van der Waals surface area contributed by atoms with Gasteiger partial charge in [-0.05, 0) is 35.3 Å². The fourth-order valence-electron chi connectivity index (χ4n) is 1.86. The summed E-state index contributed by atoms with van der Waals surface area (Å²) in [4.78, 5) is 4.09. The van der Waals surface area contributed by atoms with Crippen molar-refractivity contribution in [3.63, 3.8) is 0 Å². The van der Waals surface area contributed by atoms with Crippen LogP contribution in [-0.2, 0) is 0 Å². The maximum atomic E-state index is 5.31. The molecule has 1 aliphatic heterocycles. The molecule has 1 N–H and O–H groups in total. The van der Waals surface area contributed by atoms with E-state index in [4.69, 9.17) is 4.74 Å². The Morgan fingerprint density at radius 1 is 1.57 bits per heavy atom. The average Bonchev–Trinajstić information content (AvgIpc) is 2.70. The topological polar surface area (TPSA) is 34.1 Å². The molecule has 0 aromatic carbocycles. The van der Waals surface area contributed by atoms with Gasteiger partial charge in [-0.2, -0.15) is 0 Å². The lowest BCUT2D eigenvalue weighted by Gasteiger charge is -2.15. The van der Waals surface area contributed by atoms with Crippen LogP contribution in [0, 0.1) is 0 Å². The summed E-state index contributed by atoms with van der Waals surface area (Å²) in [6.45, 7) is 1.09. The third-order valence-electron chi connectivity index (χ3n) is 2.53. The van der Waals surface area contributed by atoms with Gasteiger partial charge in [0.25, 0.3) is 0 Å². The molecule has 2 heterocycles. The van der Waals surface area contributed by atoms with Gasteiger partial charge in [0, 0.05) is 22.3 Å². The Hall–Kier alpha value is -0.610. The van der Waals surface area contributed by atoms with Gasteiger partial charge in [0.15, 0.2) is 0 Å². The van der Waals surface area contributed by atoms with Crippen molar-refractivity contribution in [3.05, 3.63) is 22.4 Å². The number of rotatable bonds is 2. The number of hydrogen-bond acceptors (Lipinski definition) is 3. The van der Waals surface area contributed by atoms with Gasteiger partial charge >= 0.3 is 0 Å². The van der Waals surface area contributed by atoms with Crippen LogP contribution < -0.4 is 10.1 Å². The van der Waals surface area contributed by atoms with E-state index in [-0.39, 0.29) is 0 Å². The van der Waals surface area contributed by atoms with E-state index in [9.17, 15) is 0 Å². The third kappa shape index (κ3) is 1.77. The molecule has 1 saturated heterocycles. The number of methoxy groups -OCH3 is 1. The largest absolute Gasteiger partial charge is 0.495 e. The maximum Gasteiger partial charge on any atom is 0.143 e. The van der Waals surface area contributed by atoms with Crippen LogP contribution in [0.2, 0.25) is 0 Å². The van der Waals surface area contributed by atoms with Gasteiger partial charge in [0.05, 0.1) is 13.3 Å². The molecule has 0 amide bonds. The van der Waals surface area contributed by atoms with E-state index in [2.05, 4.69) is 26.2 Å². The minimum Gasteiger partial charge on any atom is -0.495 e. The Morgan fingerprint density at radius 3 is 3.07 bits per heavy atom. The molecule has 1 aromatic heterocycles. The van der Waals surface area contributed by atoms with Gasteiger partial charge in [-0.25, -0.2) is 0 Å². The van der Waals surface area contributed by atoms with Gasteiger partial charge in [0.2, 0.25) is 0 Å². The summed E-state index contributed by atoms with van der Waals surface area (Å²) in [5, 5.41) is 3.45. The molecule has 3 nitrogen and oxygen atoms in total. The zero-order chi connectivity index (χ0) is 9.97. The van der Waals surface area contributed by atoms with Crippen molar-refractivity contribution < 1.29 is 4.74 Å². The highest BCUT2D eigenvalue weighted by molar-refractivity contribution is 9.10. The summed E-state index contributed by atoms with van der Waals surface area (Å²) in [5.74, 6) is 0.860. The summed E-state index contributed by atoms with van der Waals surface area (Å²) < 4.78 is 6.33. The number of nitrogens with one attached hydrogen (secondary N) is 1. The Kier molecular flexibility index (Phi) is 3.03. The standard InChI is InChI=1S/C10H13BrN2O/c1-14-9-6-12-5-7(11)10(9)8-3-2-4-13-8/h5-6,8,13H,2-4H2,1H3. The molecule has 0 bridgehead atoms. The molecule has 0 spiro atoms. The molecule has 1 aliphatic rings. The van der Waals surface area contributed by atoms with E-state index in [0.29, 0.717) is 6.04 Å². The maximum absolute atomic E-state index is 5.31. The second kappa shape index (κ2) is 4.28. The van der Waals surface area contributed by atoms with Gasteiger partial charge < -0.3 is 10.1 Å². The van der Waals surface area contributed by atoms with Crippen molar-refractivity contribution >= 4 is 15.9 Å². The second-order valence-electron chi connectivity index (χ2n) is 3.39. The van der Waals surface area contributed by atoms with E-state index in [1.165, 1.54) is 18.4 Å². The fourth-order valence-corrected chi connectivity index (χ4v) is 2.45. The molecular weight excluding hydrogens is 244 g/mol. The molecule has 4 heteroatoms. The zero-order valence-corrected chi connectivity index (χ0v) is 9.67. The molecule has 0 radical (unpaired) electrons. The SMILES string of the molecule is COc1cncc(Br)c1C1CCCN1. The van der Waals surface area contributed by atoms with Crippen LogP contribution in [0.15, 0.2) is 16.9 Å². The Bertz CT molecular complexity index is 324. The Labute approximate surface area is 92.0 Å². The third-order valence-corrected chi connectivity index (χ3v) is 3.16. The van der Waals surface area contributed by atoms with Gasteiger partial charge in [0.1, 0.15) is 5.75 Å². The first kappa shape index (κ1) is 9.93. The monoisotopic (exact) mass is 256 g/mol. The summed E-state index contributed by atoms with van der Waals surface area (Å²) in [5.41, 5.74) is 1.19. The summed E-state index contributed by atoms with van der Waals surface area (Å²) in [7, 11) is 1.68. The van der Waals surface area contributed by atoms with Crippen molar-refractivity contribution in [1.29, 1.82) is 0 Å². The van der Waals surface area contributed by atoms with Crippen LogP contribution in [0.1, 0.15) is 24.4 Å². The number of pyridine rings is 1. The quantitative estimate of drug-likeness (QED) is 0.882. The number of halogens is 1. The molecule has 1 fully saturated rings. The molecule has 1 unspecified atom stereocenters. The highest BCUT2D eigenvalue weighted by Crippen LogP contribution is 2.35. The predicted molar refractivity (Wildman–Crippen MR) is 58.5 cm³/mol. The number of aromatic nitrogens is 1. The number of ether oxygens (including phenoxy) is 1. The molecule has 1 aromatic rings. The van der Waals surface area contributed by atoms with Crippen LogP contribution in [0.3, 0.4) is 0 Å². The van der Waals surface area contributed by atoms with Crippen molar-refractivity contribution in [1.82, 2.24) is 10.3 Å². The van der Waals surface area contributed by atoms with Crippen molar-refractivity contribution in [2.45, 2.75) is 18.9 Å². The molecule has 2 rings (SSSR count). The van der Waals surface area contributed by atoms with Crippen molar-refractivity contribution in [2.75, 3.05) is 13.7 Å². The minimum atomic E-state index is 0.405. The van der Waals surface area contributed by atoms with Gasteiger partial charge in [-0.3, -0.25) is 4.98 Å². The highest BCUT2D eigenvalue weighted by Gasteiger charge is 2.22. The van der Waals surface area contributed by atoms with Crippen LogP contribution in [-0.4, -0.2) is 18.6 Å². The highest BCUT2D eigenvalue weighted by atomic mass is 79.9. The van der Waals surface area contributed by atoms with E-state index in [1.54, 1.807) is 13.3 Å². The Balaban J connectivity index is 2.37. The van der Waals surface area contributed by atoms with Crippen LogP contribution in [0.4, 0.5) is 0 Å². The van der Waals surface area contributed by atoms with Crippen molar-refractivity contribution in [2.24, 2.45) is 0 Å². The summed E-state index contributed by atoms with van der Waals surface area (Å²) in [6, 6.07) is 0.405. The molecule has 0 saturated carbocycles. The Morgan fingerprint density at radius 2 is 2.43 bits per heavy atom. The van der Waals surface area contributed by atoms with E-state index in [0.717, 1.165) is 16.8 Å². The van der Waals surface area contributed by atoms with E-state index < -0.39 is 0 Å². The average molecular weight is 257 g/mol. The first-order valence-electron chi connectivity index (χ1n) is 4.73. The first-order valence-corrected chi connectivity index (χ1v) is 5.53. The lowest BCUT2D eigenvalue weighted by atomic mass is 10.1. The number of nitrogens with zero attached hydrogens (tertiary/aromatic N) is 1. The molecule has 0 aliphatic carbocycles. The first-order chi connectivity index (χ1) is 6.83. The van der Waals surface area contributed by atoms with Crippen LogP contribution >= 0.6 is 15.9 Å². The van der Waals surface area contributed by atoms with Crippen LogP contribution in [0.5, 0.6) is 5.75 Å². The zero-order valence-electron chi connectivity index (χ0n) is 8.09. The van der Waals surface area contributed by atoms with Crippen molar-refractivity contribution in [3.8, 4) is 5.75 Å². The lowest BCUT2D eigenvalue weighted by molar-refractivity contribution is 0.400. The number of hydrogen-bond donors (Lipinski definition) is 1. The van der Waals surface area contributed by atoms with E-state index >= 15 is 0 Å². The second-order valence-corrected chi connectivity index (χ2v) is 4.24. The molecule has 1 atom stereocenters. The smallest absolute Gasteiger partial charge is 0.143 e.